The van der Waals surface area contributed by atoms with Gasteiger partial charge in [0.25, 0.3) is 0 Å². The van der Waals surface area contributed by atoms with Crippen molar-refractivity contribution < 1.29 is 18.9 Å². The lowest BCUT2D eigenvalue weighted by atomic mass is 10.2. The maximum absolute atomic E-state index is 11.9. The minimum absolute atomic E-state index is 0.000597. The summed E-state index contributed by atoms with van der Waals surface area (Å²) in [5.41, 5.74) is 0.741. The Morgan fingerprint density at radius 3 is 2.71 bits per heavy atom. The molecule has 162 valence electrons. The zero-order valence-electron chi connectivity index (χ0n) is 17.5. The van der Waals surface area contributed by atoms with Crippen molar-refractivity contribution >= 4 is 17.6 Å². The molecule has 31 heavy (non-hydrogen) atoms. The third-order valence-electron chi connectivity index (χ3n) is 3.75. The van der Waals surface area contributed by atoms with E-state index in [-0.39, 0.29) is 18.1 Å². The van der Waals surface area contributed by atoms with E-state index in [1.54, 1.807) is 63.5 Å². The summed E-state index contributed by atoms with van der Waals surface area (Å²) in [6.45, 7) is 5.31. The fourth-order valence-corrected chi connectivity index (χ4v) is 2.42. The predicted molar refractivity (Wildman–Crippen MR) is 111 cm³/mol. The molecule has 0 unspecified atom stereocenters. The highest BCUT2D eigenvalue weighted by Gasteiger charge is 2.18. The van der Waals surface area contributed by atoms with Crippen LogP contribution < -0.4 is 11.1 Å². The molecule has 0 aliphatic rings. The number of hydrogen-bond donors (Lipinski definition) is 1. The molecule has 3 aromatic heterocycles. The van der Waals surface area contributed by atoms with Crippen molar-refractivity contribution in [1.29, 1.82) is 0 Å². The molecule has 0 aliphatic heterocycles. The standard InChI is InChI=1S/C20H22N6O5/c1-20(2,3)30-18(27)23-15-9-5-8-14(22-15)12-29-24-16(13-7-6-10-21-11-13)17-25-31-19(28)26(17)4/h5-11H,12H2,1-4H3,(H,22,23,27). The monoisotopic (exact) mass is 426 g/mol. The van der Waals surface area contributed by atoms with E-state index in [0.29, 0.717) is 17.1 Å². The fourth-order valence-electron chi connectivity index (χ4n) is 2.42. The Morgan fingerprint density at radius 1 is 1.26 bits per heavy atom. The molecule has 0 radical (unpaired) electrons. The largest absolute Gasteiger partial charge is 0.444 e. The minimum atomic E-state index is -0.630. The molecule has 11 heteroatoms. The summed E-state index contributed by atoms with van der Waals surface area (Å²) in [6.07, 6.45) is 2.56. The second-order valence-electron chi connectivity index (χ2n) is 7.43. The molecular formula is C20H22N6O5. The lowest BCUT2D eigenvalue weighted by Gasteiger charge is -2.19. The highest BCUT2D eigenvalue weighted by atomic mass is 16.6. The van der Waals surface area contributed by atoms with Crippen LogP contribution in [0, 0.1) is 0 Å². The van der Waals surface area contributed by atoms with Crippen molar-refractivity contribution in [3.63, 3.8) is 0 Å². The maximum Gasteiger partial charge on any atom is 0.441 e. The molecule has 0 spiro atoms. The smallest absolute Gasteiger partial charge is 0.441 e. The summed E-state index contributed by atoms with van der Waals surface area (Å²) in [5, 5.41) is 10.4. The molecule has 1 N–H and O–H groups in total. The number of nitrogens with one attached hydrogen (secondary N) is 1. The average Bonchev–Trinajstić information content (AvgIpc) is 3.03. The normalized spacial score (nSPS) is 11.8. The number of amides is 1. The number of aromatic nitrogens is 4. The number of nitrogens with zero attached hydrogens (tertiary/aromatic N) is 5. The van der Waals surface area contributed by atoms with Crippen molar-refractivity contribution in [3.8, 4) is 0 Å². The van der Waals surface area contributed by atoms with Crippen LogP contribution in [0.15, 0.2) is 57.2 Å². The maximum atomic E-state index is 11.9. The van der Waals surface area contributed by atoms with E-state index < -0.39 is 17.5 Å². The van der Waals surface area contributed by atoms with E-state index in [1.165, 1.54) is 11.6 Å². The zero-order valence-corrected chi connectivity index (χ0v) is 17.5. The van der Waals surface area contributed by atoms with Crippen molar-refractivity contribution in [3.05, 3.63) is 70.4 Å². The number of oxime groups is 1. The van der Waals surface area contributed by atoms with Crippen molar-refractivity contribution in [2.24, 2.45) is 12.2 Å². The van der Waals surface area contributed by atoms with Crippen molar-refractivity contribution in [2.45, 2.75) is 33.0 Å². The van der Waals surface area contributed by atoms with Gasteiger partial charge < -0.3 is 9.57 Å². The first-order valence-corrected chi connectivity index (χ1v) is 9.32. The average molecular weight is 426 g/mol. The van der Waals surface area contributed by atoms with Gasteiger partial charge in [0, 0.05) is 25.0 Å². The SMILES string of the molecule is Cn1c(C(=NOCc2cccc(NC(=O)OC(C)(C)C)n2)c2cccnc2)noc1=O. The summed E-state index contributed by atoms with van der Waals surface area (Å²) < 4.78 is 11.1. The van der Waals surface area contributed by atoms with E-state index >= 15 is 0 Å². The van der Waals surface area contributed by atoms with Gasteiger partial charge in [0.05, 0.1) is 5.69 Å². The number of rotatable bonds is 6. The zero-order chi connectivity index (χ0) is 22.4. The lowest BCUT2D eigenvalue weighted by Crippen LogP contribution is -2.27. The Bertz CT molecular complexity index is 1130. The summed E-state index contributed by atoms with van der Waals surface area (Å²) >= 11 is 0. The van der Waals surface area contributed by atoms with Crippen molar-refractivity contribution in [2.75, 3.05) is 5.32 Å². The van der Waals surface area contributed by atoms with E-state index in [4.69, 9.17) is 9.57 Å². The van der Waals surface area contributed by atoms with Gasteiger partial charge >= 0.3 is 11.8 Å². The number of pyridine rings is 2. The molecular weight excluding hydrogens is 404 g/mol. The summed E-state index contributed by atoms with van der Waals surface area (Å²) in [7, 11) is 1.51. The summed E-state index contributed by atoms with van der Waals surface area (Å²) in [4.78, 5) is 37.4. The van der Waals surface area contributed by atoms with Crippen LogP contribution in [0.4, 0.5) is 10.6 Å². The first-order chi connectivity index (χ1) is 14.7. The van der Waals surface area contributed by atoms with Crippen LogP contribution in [0.5, 0.6) is 0 Å². The van der Waals surface area contributed by atoms with Gasteiger partial charge in [-0.25, -0.2) is 14.6 Å². The molecule has 1 amide bonds. The highest BCUT2D eigenvalue weighted by molar-refractivity contribution is 6.10. The number of hydrogen-bond acceptors (Lipinski definition) is 9. The van der Waals surface area contributed by atoms with Crippen LogP contribution in [-0.4, -0.2) is 37.1 Å². The second kappa shape index (κ2) is 9.20. The number of ether oxygens (including phenoxy) is 1. The van der Waals surface area contributed by atoms with Gasteiger partial charge in [-0.2, -0.15) is 0 Å². The molecule has 0 atom stereocenters. The van der Waals surface area contributed by atoms with E-state index in [2.05, 4.69) is 30.1 Å². The van der Waals surface area contributed by atoms with Crippen molar-refractivity contribution in [1.82, 2.24) is 19.7 Å². The molecule has 0 aromatic carbocycles. The topological polar surface area (TPSA) is 134 Å². The lowest BCUT2D eigenvalue weighted by molar-refractivity contribution is 0.0635. The van der Waals surface area contributed by atoms with Crippen LogP contribution in [-0.2, 0) is 23.2 Å². The van der Waals surface area contributed by atoms with Crippen LogP contribution in [0.2, 0.25) is 0 Å². The third-order valence-corrected chi connectivity index (χ3v) is 3.75. The van der Waals surface area contributed by atoms with Gasteiger partial charge in [-0.15, -0.1) is 0 Å². The van der Waals surface area contributed by atoms with Crippen LogP contribution >= 0.6 is 0 Å². The van der Waals surface area contributed by atoms with Gasteiger partial charge in [-0.3, -0.25) is 19.4 Å². The molecule has 0 fully saturated rings. The first kappa shape index (κ1) is 21.7. The Labute approximate surface area is 177 Å². The quantitative estimate of drug-likeness (QED) is 0.469. The Hall–Kier alpha value is -4.02. The van der Waals surface area contributed by atoms with Gasteiger partial charge in [-0.1, -0.05) is 16.4 Å². The number of carbonyl (C=O) groups excluding carboxylic acids is 1. The Morgan fingerprint density at radius 2 is 2.06 bits per heavy atom. The van der Waals surface area contributed by atoms with E-state index in [9.17, 15) is 9.59 Å². The molecule has 0 saturated heterocycles. The fraction of sp³-hybridized carbons (Fsp3) is 0.300. The molecule has 0 saturated carbocycles. The summed E-state index contributed by atoms with van der Waals surface area (Å²) in [5.74, 6) is -0.133. The Balaban J connectivity index is 1.75. The molecule has 11 nitrogen and oxygen atoms in total. The van der Waals surface area contributed by atoms with E-state index in [1.807, 2.05) is 0 Å². The summed E-state index contributed by atoms with van der Waals surface area (Å²) in [6, 6.07) is 8.52. The van der Waals surface area contributed by atoms with Gasteiger partial charge in [0.1, 0.15) is 11.4 Å². The predicted octanol–water partition coefficient (Wildman–Crippen LogP) is 2.48. The van der Waals surface area contributed by atoms with Crippen LogP contribution in [0.1, 0.15) is 37.9 Å². The molecule has 0 bridgehead atoms. The molecule has 3 aromatic rings. The molecule has 3 heterocycles. The minimum Gasteiger partial charge on any atom is -0.444 e. The van der Waals surface area contributed by atoms with E-state index in [0.717, 1.165) is 0 Å². The second-order valence-corrected chi connectivity index (χ2v) is 7.43. The van der Waals surface area contributed by atoms with Crippen LogP contribution in [0.25, 0.3) is 0 Å². The highest BCUT2D eigenvalue weighted by Crippen LogP contribution is 2.12. The number of anilines is 1. The van der Waals surface area contributed by atoms with Crippen LogP contribution in [0.3, 0.4) is 0 Å². The molecule has 0 aliphatic carbocycles. The van der Waals surface area contributed by atoms with Gasteiger partial charge in [0.2, 0.25) is 5.82 Å². The number of carbonyl (C=O) groups is 1. The van der Waals surface area contributed by atoms with Gasteiger partial charge in [-0.05, 0) is 45.0 Å². The Kier molecular flexibility index (Phi) is 6.43. The molecule has 3 rings (SSSR count). The first-order valence-electron chi connectivity index (χ1n) is 9.32. The third kappa shape index (κ3) is 5.98. The van der Waals surface area contributed by atoms with Gasteiger partial charge in [0.15, 0.2) is 12.3 Å².